The van der Waals surface area contributed by atoms with E-state index < -0.39 is 5.97 Å². The number of esters is 1. The lowest BCUT2D eigenvalue weighted by atomic mass is 10.1. The van der Waals surface area contributed by atoms with E-state index in [1.165, 1.54) is 0 Å². The van der Waals surface area contributed by atoms with Crippen LogP contribution in [-0.2, 0) is 4.79 Å². The van der Waals surface area contributed by atoms with Crippen LogP contribution >= 0.6 is 0 Å². The van der Waals surface area contributed by atoms with Crippen LogP contribution in [0.15, 0.2) is 53.5 Å². The molecule has 0 spiro atoms. The molecule has 3 rings (SSSR count). The van der Waals surface area contributed by atoms with E-state index in [9.17, 15) is 14.4 Å². The van der Waals surface area contributed by atoms with Crippen LogP contribution in [0.3, 0.4) is 0 Å². The Morgan fingerprint density at radius 3 is 2.00 bits per heavy atom. The molecule has 2 aromatic rings. The minimum Gasteiger partial charge on any atom is -0.423 e. The van der Waals surface area contributed by atoms with Crippen LogP contribution in [0.2, 0.25) is 0 Å². The molecular weight excluding hydrogens is 448 g/mol. The number of hydrogen-bond donors (Lipinski definition) is 2. The standard InChI is InChI=1S/C25H32N6O4/c1-3-30(4-2)22(32)17-29-13-15-31(16-14-29)23(33)18-7-11-21(12-8-18)35-24(34)19-5-9-20(10-6-19)28-25(26)27/h5-12H,3-4,13-17H2,1-2H3,(H4,26,27,28). The lowest BCUT2D eigenvalue weighted by Gasteiger charge is -2.35. The van der Waals surface area contributed by atoms with Gasteiger partial charge in [-0.25, -0.2) is 9.79 Å². The van der Waals surface area contributed by atoms with Gasteiger partial charge in [0.25, 0.3) is 5.91 Å². The molecule has 0 aromatic heterocycles. The fraction of sp³-hybridized carbons (Fsp3) is 0.360. The molecule has 1 aliphatic rings. The van der Waals surface area contributed by atoms with E-state index in [4.69, 9.17) is 16.2 Å². The van der Waals surface area contributed by atoms with Gasteiger partial charge in [-0.1, -0.05) is 0 Å². The molecule has 2 aromatic carbocycles. The van der Waals surface area contributed by atoms with Gasteiger partial charge in [-0.15, -0.1) is 0 Å². The minimum absolute atomic E-state index is 0.0674. The van der Waals surface area contributed by atoms with Crippen molar-refractivity contribution in [2.75, 3.05) is 45.8 Å². The summed E-state index contributed by atoms with van der Waals surface area (Å²) >= 11 is 0. The monoisotopic (exact) mass is 480 g/mol. The first kappa shape index (κ1) is 25.7. The molecule has 0 saturated carbocycles. The largest absolute Gasteiger partial charge is 0.423 e. The highest BCUT2D eigenvalue weighted by Gasteiger charge is 2.24. The lowest BCUT2D eigenvalue weighted by molar-refractivity contribution is -0.132. The molecule has 0 aliphatic carbocycles. The number of carbonyl (C=O) groups excluding carboxylic acids is 3. The van der Waals surface area contributed by atoms with Gasteiger partial charge in [0.15, 0.2) is 5.96 Å². The SMILES string of the molecule is CCN(CC)C(=O)CN1CCN(C(=O)c2ccc(OC(=O)c3ccc(N=C(N)N)cc3)cc2)CC1. The van der Waals surface area contributed by atoms with Crippen LogP contribution in [0.5, 0.6) is 5.75 Å². The van der Waals surface area contributed by atoms with Gasteiger partial charge in [0, 0.05) is 44.8 Å². The summed E-state index contributed by atoms with van der Waals surface area (Å²) in [4.78, 5) is 47.2. The number of carbonyl (C=O) groups is 3. The third-order valence-corrected chi connectivity index (χ3v) is 5.81. The van der Waals surface area contributed by atoms with Gasteiger partial charge in [0.1, 0.15) is 5.75 Å². The summed E-state index contributed by atoms with van der Waals surface area (Å²) in [6.07, 6.45) is 0. The Morgan fingerprint density at radius 1 is 0.886 bits per heavy atom. The van der Waals surface area contributed by atoms with Crippen molar-refractivity contribution < 1.29 is 19.1 Å². The van der Waals surface area contributed by atoms with E-state index in [1.807, 2.05) is 18.7 Å². The van der Waals surface area contributed by atoms with Crippen LogP contribution in [0.25, 0.3) is 0 Å². The number of hydrogen-bond acceptors (Lipinski definition) is 6. The fourth-order valence-corrected chi connectivity index (χ4v) is 3.81. The number of piperazine rings is 1. The quantitative estimate of drug-likeness (QED) is 0.253. The second-order valence-electron chi connectivity index (χ2n) is 8.13. The molecule has 0 bridgehead atoms. The molecule has 10 nitrogen and oxygen atoms in total. The highest BCUT2D eigenvalue weighted by molar-refractivity contribution is 5.95. The van der Waals surface area contributed by atoms with Crippen molar-refractivity contribution in [1.29, 1.82) is 0 Å². The second kappa shape index (κ2) is 12.0. The number of benzene rings is 2. The van der Waals surface area contributed by atoms with Crippen molar-refractivity contribution in [3.63, 3.8) is 0 Å². The Labute approximate surface area is 205 Å². The van der Waals surface area contributed by atoms with E-state index in [0.717, 1.165) is 0 Å². The number of likely N-dealkylation sites (N-methyl/N-ethyl adjacent to an activating group) is 1. The number of nitrogens with two attached hydrogens (primary N) is 2. The van der Waals surface area contributed by atoms with Crippen molar-refractivity contribution in [3.05, 3.63) is 59.7 Å². The summed E-state index contributed by atoms with van der Waals surface area (Å²) in [5, 5.41) is 0. The number of guanidine groups is 1. The van der Waals surface area contributed by atoms with Crippen LogP contribution in [0.4, 0.5) is 5.69 Å². The molecular formula is C25H32N6O4. The maximum absolute atomic E-state index is 12.9. The zero-order valence-electron chi connectivity index (χ0n) is 20.1. The average molecular weight is 481 g/mol. The van der Waals surface area contributed by atoms with Crippen molar-refractivity contribution in [1.82, 2.24) is 14.7 Å². The molecule has 4 N–H and O–H groups in total. The van der Waals surface area contributed by atoms with Gasteiger partial charge >= 0.3 is 5.97 Å². The first-order valence-electron chi connectivity index (χ1n) is 11.6. The van der Waals surface area contributed by atoms with Gasteiger partial charge in [0.2, 0.25) is 5.91 Å². The first-order valence-corrected chi connectivity index (χ1v) is 11.6. The third kappa shape index (κ3) is 7.03. The van der Waals surface area contributed by atoms with Crippen LogP contribution in [0, 0.1) is 0 Å². The molecule has 0 radical (unpaired) electrons. The van der Waals surface area contributed by atoms with Crippen LogP contribution < -0.4 is 16.2 Å². The van der Waals surface area contributed by atoms with Crippen molar-refractivity contribution >= 4 is 29.4 Å². The summed E-state index contributed by atoms with van der Waals surface area (Å²) in [6.45, 7) is 8.12. The Morgan fingerprint density at radius 2 is 1.46 bits per heavy atom. The molecule has 35 heavy (non-hydrogen) atoms. The van der Waals surface area contributed by atoms with Crippen LogP contribution in [0.1, 0.15) is 34.6 Å². The van der Waals surface area contributed by atoms with Gasteiger partial charge in [-0.3, -0.25) is 14.5 Å². The fourth-order valence-electron chi connectivity index (χ4n) is 3.81. The molecule has 186 valence electrons. The number of amides is 2. The highest BCUT2D eigenvalue weighted by Crippen LogP contribution is 2.18. The summed E-state index contributed by atoms with van der Waals surface area (Å²) in [7, 11) is 0. The third-order valence-electron chi connectivity index (χ3n) is 5.81. The predicted octanol–water partition coefficient (Wildman–Crippen LogP) is 1.44. The molecule has 0 unspecified atom stereocenters. The molecule has 2 amide bonds. The number of nitrogens with zero attached hydrogens (tertiary/aromatic N) is 4. The van der Waals surface area contributed by atoms with Crippen molar-refractivity contribution in [3.8, 4) is 5.75 Å². The number of ether oxygens (including phenoxy) is 1. The summed E-state index contributed by atoms with van der Waals surface area (Å²) in [5.41, 5.74) is 12.1. The topological polar surface area (TPSA) is 135 Å². The molecule has 1 fully saturated rings. The Hall–Kier alpha value is -3.92. The van der Waals surface area contributed by atoms with E-state index >= 15 is 0 Å². The normalized spacial score (nSPS) is 13.7. The summed E-state index contributed by atoms with van der Waals surface area (Å²) in [5.74, 6) is -0.241. The summed E-state index contributed by atoms with van der Waals surface area (Å²) < 4.78 is 5.40. The lowest BCUT2D eigenvalue weighted by Crippen LogP contribution is -2.51. The second-order valence-corrected chi connectivity index (χ2v) is 8.13. The van der Waals surface area contributed by atoms with E-state index in [-0.39, 0.29) is 17.8 Å². The maximum Gasteiger partial charge on any atom is 0.343 e. The van der Waals surface area contributed by atoms with Crippen molar-refractivity contribution in [2.45, 2.75) is 13.8 Å². The maximum atomic E-state index is 12.9. The molecule has 1 saturated heterocycles. The number of aliphatic imine (C=N–C) groups is 1. The highest BCUT2D eigenvalue weighted by atomic mass is 16.5. The zero-order chi connectivity index (χ0) is 25.4. The number of rotatable bonds is 8. The van der Waals surface area contributed by atoms with E-state index in [1.54, 1.807) is 53.4 Å². The van der Waals surface area contributed by atoms with Gasteiger partial charge in [0.05, 0.1) is 17.8 Å². The first-order chi connectivity index (χ1) is 16.8. The predicted molar refractivity (Wildman–Crippen MR) is 134 cm³/mol. The van der Waals surface area contributed by atoms with Crippen LogP contribution in [-0.4, -0.2) is 84.3 Å². The molecule has 1 heterocycles. The average Bonchev–Trinajstić information content (AvgIpc) is 2.85. The Kier molecular flexibility index (Phi) is 8.80. The van der Waals surface area contributed by atoms with E-state index in [0.29, 0.717) is 68.4 Å². The van der Waals surface area contributed by atoms with Gasteiger partial charge < -0.3 is 26.0 Å². The smallest absolute Gasteiger partial charge is 0.343 e. The minimum atomic E-state index is -0.532. The van der Waals surface area contributed by atoms with E-state index in [2.05, 4.69) is 9.89 Å². The Bertz CT molecular complexity index is 1050. The summed E-state index contributed by atoms with van der Waals surface area (Å²) in [6, 6.07) is 12.8. The zero-order valence-corrected chi connectivity index (χ0v) is 20.1. The van der Waals surface area contributed by atoms with Gasteiger partial charge in [-0.2, -0.15) is 0 Å². The van der Waals surface area contributed by atoms with Crippen molar-refractivity contribution in [2.24, 2.45) is 16.5 Å². The molecule has 1 aliphatic heterocycles. The van der Waals surface area contributed by atoms with Gasteiger partial charge in [-0.05, 0) is 62.4 Å². The molecule has 0 atom stereocenters. The molecule has 10 heteroatoms. The Balaban J connectivity index is 1.51.